The summed E-state index contributed by atoms with van der Waals surface area (Å²) in [5.74, 6) is 0. The Morgan fingerprint density at radius 3 is 0.867 bits per heavy atom. The highest BCUT2D eigenvalue weighted by Gasteiger charge is 1.95. The van der Waals surface area contributed by atoms with Crippen LogP contribution in [0.2, 0.25) is 0 Å². The SMILES string of the molecule is C.C.C1CCCCC1.CC.CCCCC. The van der Waals surface area contributed by atoms with Gasteiger partial charge in [0.25, 0.3) is 0 Å². The Morgan fingerprint density at radius 2 is 0.800 bits per heavy atom. The molecule has 15 heavy (non-hydrogen) atoms. The molecule has 0 saturated heterocycles. The Hall–Kier alpha value is 0. The van der Waals surface area contributed by atoms with Crippen LogP contribution in [0.5, 0.6) is 0 Å². The molecule has 1 rings (SSSR count). The lowest BCUT2D eigenvalue weighted by Gasteiger charge is -2.05. The first kappa shape index (κ1) is 24.3. The molecule has 1 aliphatic rings. The third-order valence-electron chi connectivity index (χ3n) is 2.21. The third kappa shape index (κ3) is 31.5. The average molecular weight is 218 g/mol. The van der Waals surface area contributed by atoms with E-state index < -0.39 is 0 Å². The normalized spacial score (nSPS) is 12.8. The van der Waals surface area contributed by atoms with Gasteiger partial charge in [-0.1, -0.05) is 100 Å². The van der Waals surface area contributed by atoms with Crippen LogP contribution in [0, 0.1) is 0 Å². The highest BCUT2D eigenvalue weighted by Crippen LogP contribution is 2.15. The van der Waals surface area contributed by atoms with Gasteiger partial charge in [-0.25, -0.2) is 0 Å². The van der Waals surface area contributed by atoms with Gasteiger partial charge in [-0.2, -0.15) is 0 Å². The van der Waals surface area contributed by atoms with E-state index >= 15 is 0 Å². The van der Waals surface area contributed by atoms with Gasteiger partial charge in [-0.05, 0) is 0 Å². The Bertz CT molecular complexity index is 39.5. The molecule has 0 aliphatic heterocycles. The van der Waals surface area contributed by atoms with Crippen LogP contribution in [0.1, 0.15) is 100 Å². The molecule has 0 nitrogen and oxygen atoms in total. The van der Waals surface area contributed by atoms with Gasteiger partial charge < -0.3 is 0 Å². The molecule has 0 amide bonds. The average Bonchev–Trinajstić information content (AvgIpc) is 2.25. The van der Waals surface area contributed by atoms with Gasteiger partial charge in [0.05, 0.1) is 0 Å². The summed E-state index contributed by atoms with van der Waals surface area (Å²) in [5, 5.41) is 0. The van der Waals surface area contributed by atoms with Crippen molar-refractivity contribution in [1.82, 2.24) is 0 Å². The Morgan fingerprint density at radius 1 is 0.600 bits per heavy atom. The second kappa shape index (κ2) is 29.2. The maximum atomic E-state index is 2.21. The summed E-state index contributed by atoms with van der Waals surface area (Å²) in [6.07, 6.45) is 13.1. The minimum absolute atomic E-state index is 0. The maximum Gasteiger partial charge on any atom is -0.0533 e. The van der Waals surface area contributed by atoms with E-state index in [1.807, 2.05) is 13.8 Å². The van der Waals surface area contributed by atoms with Crippen molar-refractivity contribution >= 4 is 0 Å². The molecule has 0 atom stereocenters. The van der Waals surface area contributed by atoms with E-state index in [0.717, 1.165) is 0 Å². The van der Waals surface area contributed by atoms with Crippen LogP contribution in [0.4, 0.5) is 0 Å². The molecule has 98 valence electrons. The van der Waals surface area contributed by atoms with Crippen LogP contribution in [0.3, 0.4) is 0 Å². The molecule has 0 aromatic heterocycles. The summed E-state index contributed by atoms with van der Waals surface area (Å²) in [6, 6.07) is 0. The quantitative estimate of drug-likeness (QED) is 0.476. The van der Waals surface area contributed by atoms with Crippen LogP contribution in [0.25, 0.3) is 0 Å². The van der Waals surface area contributed by atoms with Crippen molar-refractivity contribution in [3.05, 3.63) is 0 Å². The maximum absolute atomic E-state index is 2.21. The first-order valence-electron chi connectivity index (χ1n) is 6.41. The molecular formula is C15H38. The topological polar surface area (TPSA) is 0 Å². The van der Waals surface area contributed by atoms with Crippen LogP contribution in [-0.2, 0) is 0 Å². The van der Waals surface area contributed by atoms with Crippen LogP contribution in [-0.4, -0.2) is 0 Å². The molecular weight excluding hydrogens is 180 g/mol. The molecule has 0 heteroatoms. The van der Waals surface area contributed by atoms with Gasteiger partial charge in [0.1, 0.15) is 0 Å². The zero-order valence-corrected chi connectivity index (χ0v) is 10.4. The van der Waals surface area contributed by atoms with Gasteiger partial charge in [-0.15, -0.1) is 0 Å². The predicted molar refractivity (Wildman–Crippen MR) is 77.7 cm³/mol. The standard InChI is InChI=1S/C6H12.C5H12.C2H6.2CH4/c1-2-4-6-5-3-1;1-3-5-4-2;1-2;;/h1-6H2;3-5H2,1-2H3;1-2H3;2*1H4. The summed E-state index contributed by atoms with van der Waals surface area (Å²) >= 11 is 0. The molecule has 1 aliphatic carbocycles. The van der Waals surface area contributed by atoms with Crippen molar-refractivity contribution < 1.29 is 0 Å². The van der Waals surface area contributed by atoms with E-state index in [-0.39, 0.29) is 14.9 Å². The Labute approximate surface area is 101 Å². The highest BCUT2D eigenvalue weighted by atomic mass is 14.0. The fourth-order valence-corrected chi connectivity index (χ4v) is 1.41. The van der Waals surface area contributed by atoms with E-state index in [9.17, 15) is 0 Å². The van der Waals surface area contributed by atoms with Gasteiger partial charge in [0.15, 0.2) is 0 Å². The second-order valence-corrected chi connectivity index (χ2v) is 3.47. The first-order valence-corrected chi connectivity index (χ1v) is 6.41. The molecule has 0 aromatic carbocycles. The molecule has 0 N–H and O–H groups in total. The van der Waals surface area contributed by atoms with Crippen molar-refractivity contribution in [1.29, 1.82) is 0 Å². The molecule has 1 fully saturated rings. The summed E-state index contributed by atoms with van der Waals surface area (Å²) in [6.45, 7) is 8.42. The van der Waals surface area contributed by atoms with Gasteiger partial charge in [-0.3, -0.25) is 0 Å². The predicted octanol–water partition coefficient (Wildman–Crippen LogP) is 6.84. The largest absolute Gasteiger partial charge is 0.0776 e. The monoisotopic (exact) mass is 218 g/mol. The number of hydrogen-bond acceptors (Lipinski definition) is 0. The van der Waals surface area contributed by atoms with Gasteiger partial charge >= 0.3 is 0 Å². The van der Waals surface area contributed by atoms with Crippen molar-refractivity contribution in [2.24, 2.45) is 0 Å². The highest BCUT2D eigenvalue weighted by molar-refractivity contribution is 4.51. The van der Waals surface area contributed by atoms with E-state index in [0.29, 0.717) is 0 Å². The Kier molecular flexibility index (Phi) is 47.3. The lowest BCUT2D eigenvalue weighted by Crippen LogP contribution is -1.85. The van der Waals surface area contributed by atoms with Crippen molar-refractivity contribution in [3.63, 3.8) is 0 Å². The number of unbranched alkanes of at least 4 members (excludes halogenated alkanes) is 2. The van der Waals surface area contributed by atoms with Crippen molar-refractivity contribution in [2.45, 2.75) is 100 Å². The van der Waals surface area contributed by atoms with Crippen molar-refractivity contribution in [2.75, 3.05) is 0 Å². The molecule has 0 bridgehead atoms. The number of rotatable bonds is 2. The molecule has 1 saturated carbocycles. The lowest BCUT2D eigenvalue weighted by molar-refractivity contribution is 0.504. The minimum Gasteiger partial charge on any atom is -0.0776 e. The van der Waals surface area contributed by atoms with E-state index in [1.165, 1.54) is 57.8 Å². The van der Waals surface area contributed by atoms with Crippen molar-refractivity contribution in [3.8, 4) is 0 Å². The Balaban J connectivity index is -0.0000000629. The second-order valence-electron chi connectivity index (χ2n) is 3.47. The van der Waals surface area contributed by atoms with E-state index in [1.54, 1.807) is 0 Å². The summed E-state index contributed by atoms with van der Waals surface area (Å²) in [7, 11) is 0. The molecule has 0 radical (unpaired) electrons. The lowest BCUT2D eigenvalue weighted by atomic mass is 10.0. The molecule has 0 spiro atoms. The van der Waals surface area contributed by atoms with Crippen LogP contribution >= 0.6 is 0 Å². The fraction of sp³-hybridized carbons (Fsp3) is 1.00. The summed E-state index contributed by atoms with van der Waals surface area (Å²) < 4.78 is 0. The van der Waals surface area contributed by atoms with Gasteiger partial charge in [0, 0.05) is 0 Å². The third-order valence-corrected chi connectivity index (χ3v) is 2.21. The first-order chi connectivity index (χ1) is 6.41. The minimum atomic E-state index is 0. The fourth-order valence-electron chi connectivity index (χ4n) is 1.41. The zero-order chi connectivity index (χ0) is 10.4. The number of hydrogen-bond donors (Lipinski definition) is 0. The van der Waals surface area contributed by atoms with Crippen LogP contribution in [0.15, 0.2) is 0 Å². The molecule has 0 aromatic rings. The van der Waals surface area contributed by atoms with E-state index in [2.05, 4.69) is 13.8 Å². The van der Waals surface area contributed by atoms with E-state index in [4.69, 9.17) is 0 Å². The summed E-state index contributed by atoms with van der Waals surface area (Å²) in [4.78, 5) is 0. The smallest absolute Gasteiger partial charge is 0.0533 e. The molecule has 0 heterocycles. The zero-order valence-electron chi connectivity index (χ0n) is 10.4. The molecule has 0 unspecified atom stereocenters. The van der Waals surface area contributed by atoms with Gasteiger partial charge in [0.2, 0.25) is 0 Å². The summed E-state index contributed by atoms with van der Waals surface area (Å²) in [5.41, 5.74) is 0. The van der Waals surface area contributed by atoms with Crippen LogP contribution < -0.4 is 0 Å².